The van der Waals surface area contributed by atoms with Gasteiger partial charge < -0.3 is 15.0 Å². The van der Waals surface area contributed by atoms with E-state index >= 15 is 0 Å². The molecule has 154 valence electrons. The van der Waals surface area contributed by atoms with Crippen molar-refractivity contribution >= 4 is 17.3 Å². The lowest BCUT2D eigenvalue weighted by Crippen LogP contribution is -2.29. The first-order chi connectivity index (χ1) is 14.2. The molecule has 5 heteroatoms. The second-order valence-electron chi connectivity index (χ2n) is 8.32. The number of fused-ring (bicyclic) bond motifs is 1. The average molecular weight is 394 g/mol. The lowest BCUT2D eigenvalue weighted by atomic mass is 9.82. The first-order valence-corrected chi connectivity index (χ1v) is 10.8. The quantitative estimate of drug-likeness (QED) is 0.716. The number of aryl methyl sites for hydroxylation is 1. The molecule has 0 aliphatic heterocycles. The standard InChI is InChI=1S/C24H31N3O2/c1-27(19-8-3-4-9-19)20-10-11-21-17(14-20)6-5-7-18(21)15-26-23-16-25-13-12-22(23)24(28)29-2/h10-14,16,18-19,26H,3-9,15H2,1-2H3/t18-/m0/s1. The maximum Gasteiger partial charge on any atom is 0.340 e. The monoisotopic (exact) mass is 393 g/mol. The third-order valence-corrected chi connectivity index (χ3v) is 6.61. The van der Waals surface area contributed by atoms with Crippen molar-refractivity contribution in [2.45, 2.75) is 56.9 Å². The highest BCUT2D eigenvalue weighted by Crippen LogP contribution is 2.35. The van der Waals surface area contributed by atoms with Crippen LogP contribution < -0.4 is 10.2 Å². The number of nitrogens with one attached hydrogen (secondary N) is 1. The van der Waals surface area contributed by atoms with Gasteiger partial charge in [0.2, 0.25) is 0 Å². The Morgan fingerprint density at radius 3 is 2.83 bits per heavy atom. The van der Waals surface area contributed by atoms with Crippen LogP contribution in [0.5, 0.6) is 0 Å². The van der Waals surface area contributed by atoms with E-state index in [0.717, 1.165) is 25.1 Å². The molecule has 2 aliphatic rings. The molecule has 2 aromatic rings. The molecule has 1 aromatic heterocycles. The van der Waals surface area contributed by atoms with Gasteiger partial charge in [0.05, 0.1) is 24.6 Å². The van der Waals surface area contributed by atoms with Crippen LogP contribution in [0.15, 0.2) is 36.7 Å². The molecule has 4 rings (SSSR count). The van der Waals surface area contributed by atoms with Gasteiger partial charge in [0, 0.05) is 37.4 Å². The van der Waals surface area contributed by atoms with Crippen LogP contribution in [-0.4, -0.2) is 37.7 Å². The number of hydrogen-bond acceptors (Lipinski definition) is 5. The summed E-state index contributed by atoms with van der Waals surface area (Å²) in [4.78, 5) is 18.6. The molecule has 1 saturated carbocycles. The zero-order valence-electron chi connectivity index (χ0n) is 17.5. The molecule has 0 amide bonds. The second-order valence-corrected chi connectivity index (χ2v) is 8.32. The Balaban J connectivity index is 1.48. The second kappa shape index (κ2) is 8.85. The van der Waals surface area contributed by atoms with Crippen molar-refractivity contribution in [2.75, 3.05) is 30.9 Å². The summed E-state index contributed by atoms with van der Waals surface area (Å²) in [5, 5.41) is 3.45. The van der Waals surface area contributed by atoms with Crippen molar-refractivity contribution in [1.82, 2.24) is 4.98 Å². The predicted octanol–water partition coefficient (Wildman–Crippen LogP) is 4.78. The number of aromatic nitrogens is 1. The molecule has 2 aliphatic carbocycles. The molecule has 0 unspecified atom stereocenters. The first kappa shape index (κ1) is 19.7. The van der Waals surface area contributed by atoms with Gasteiger partial charge in [-0.15, -0.1) is 0 Å². The topological polar surface area (TPSA) is 54.5 Å². The molecule has 5 nitrogen and oxygen atoms in total. The number of benzene rings is 1. The highest BCUT2D eigenvalue weighted by Gasteiger charge is 2.24. The fourth-order valence-corrected chi connectivity index (χ4v) is 4.89. The largest absolute Gasteiger partial charge is 0.465 e. The van der Waals surface area contributed by atoms with Crippen molar-refractivity contribution in [1.29, 1.82) is 0 Å². The first-order valence-electron chi connectivity index (χ1n) is 10.8. The Bertz CT molecular complexity index is 861. The highest BCUT2D eigenvalue weighted by molar-refractivity contribution is 5.95. The van der Waals surface area contributed by atoms with Crippen LogP contribution in [0, 0.1) is 0 Å². The molecule has 0 saturated heterocycles. The number of pyridine rings is 1. The normalized spacial score (nSPS) is 18.9. The summed E-state index contributed by atoms with van der Waals surface area (Å²) < 4.78 is 4.89. The van der Waals surface area contributed by atoms with Gasteiger partial charge >= 0.3 is 5.97 Å². The Morgan fingerprint density at radius 1 is 1.21 bits per heavy atom. The molecule has 0 bridgehead atoms. The molecule has 1 heterocycles. The Hall–Kier alpha value is -2.56. The average Bonchev–Trinajstić information content (AvgIpc) is 3.31. The number of carbonyl (C=O) groups is 1. The fraction of sp³-hybridized carbons (Fsp3) is 0.500. The summed E-state index contributed by atoms with van der Waals surface area (Å²) in [7, 11) is 3.65. The van der Waals surface area contributed by atoms with E-state index in [9.17, 15) is 4.79 Å². The summed E-state index contributed by atoms with van der Waals surface area (Å²) in [5.74, 6) is 0.105. The summed E-state index contributed by atoms with van der Waals surface area (Å²) in [6.45, 7) is 0.792. The Labute approximate surface area is 173 Å². The van der Waals surface area contributed by atoms with E-state index in [-0.39, 0.29) is 5.97 Å². The van der Waals surface area contributed by atoms with E-state index in [1.54, 1.807) is 18.5 Å². The van der Waals surface area contributed by atoms with E-state index in [1.165, 1.54) is 56.0 Å². The van der Waals surface area contributed by atoms with Crippen LogP contribution in [0.1, 0.15) is 65.9 Å². The van der Waals surface area contributed by atoms with Gasteiger partial charge in [-0.05, 0) is 61.4 Å². The Kier molecular flexibility index (Phi) is 6.02. The number of carbonyl (C=O) groups excluding carboxylic acids is 1. The molecule has 0 radical (unpaired) electrons. The zero-order valence-corrected chi connectivity index (χ0v) is 17.5. The number of nitrogens with zero attached hydrogens (tertiary/aromatic N) is 2. The van der Waals surface area contributed by atoms with Gasteiger partial charge in [-0.1, -0.05) is 18.9 Å². The molecule has 1 atom stereocenters. The molecule has 1 fully saturated rings. The smallest absolute Gasteiger partial charge is 0.340 e. The minimum atomic E-state index is -0.335. The maximum atomic E-state index is 12.0. The van der Waals surface area contributed by atoms with Crippen LogP contribution in [-0.2, 0) is 11.2 Å². The number of hydrogen-bond donors (Lipinski definition) is 1. The maximum absolute atomic E-state index is 12.0. The van der Waals surface area contributed by atoms with Crippen molar-refractivity contribution in [2.24, 2.45) is 0 Å². The number of rotatable bonds is 6. The van der Waals surface area contributed by atoms with Crippen molar-refractivity contribution in [3.8, 4) is 0 Å². The van der Waals surface area contributed by atoms with Crippen LogP contribution in [0.2, 0.25) is 0 Å². The summed E-state index contributed by atoms with van der Waals surface area (Å²) in [6.07, 6.45) is 12.2. The van der Waals surface area contributed by atoms with Crippen molar-refractivity contribution in [3.05, 3.63) is 53.3 Å². The Morgan fingerprint density at radius 2 is 2.03 bits per heavy atom. The molecule has 0 spiro atoms. The lowest BCUT2D eigenvalue weighted by molar-refractivity contribution is 0.0601. The molecule has 29 heavy (non-hydrogen) atoms. The van der Waals surface area contributed by atoms with Gasteiger partial charge in [0.1, 0.15) is 0 Å². The summed E-state index contributed by atoms with van der Waals surface area (Å²) >= 11 is 0. The van der Waals surface area contributed by atoms with Gasteiger partial charge in [-0.2, -0.15) is 0 Å². The van der Waals surface area contributed by atoms with Crippen molar-refractivity contribution in [3.63, 3.8) is 0 Å². The van der Waals surface area contributed by atoms with Crippen LogP contribution in [0.4, 0.5) is 11.4 Å². The molecular weight excluding hydrogens is 362 g/mol. The minimum absolute atomic E-state index is 0.335. The van der Waals surface area contributed by atoms with Crippen LogP contribution >= 0.6 is 0 Å². The summed E-state index contributed by atoms with van der Waals surface area (Å²) in [6, 6.07) is 9.42. The SMILES string of the molecule is COC(=O)c1ccncc1NC[C@@H]1CCCc2cc(N(C)C3CCCC3)ccc21. The lowest BCUT2D eigenvalue weighted by Gasteiger charge is -2.31. The van der Waals surface area contributed by atoms with Gasteiger partial charge in [0.25, 0.3) is 0 Å². The van der Waals surface area contributed by atoms with E-state index in [2.05, 4.69) is 40.4 Å². The van der Waals surface area contributed by atoms with Crippen molar-refractivity contribution < 1.29 is 9.53 Å². The number of ether oxygens (including phenoxy) is 1. The van der Waals surface area contributed by atoms with Gasteiger partial charge in [-0.25, -0.2) is 4.79 Å². The zero-order chi connectivity index (χ0) is 20.2. The number of anilines is 2. The molecular formula is C24H31N3O2. The molecule has 1 aromatic carbocycles. The number of esters is 1. The van der Waals surface area contributed by atoms with Gasteiger partial charge in [0.15, 0.2) is 0 Å². The summed E-state index contributed by atoms with van der Waals surface area (Å²) in [5.41, 5.74) is 5.54. The predicted molar refractivity (Wildman–Crippen MR) is 117 cm³/mol. The minimum Gasteiger partial charge on any atom is -0.465 e. The van der Waals surface area contributed by atoms with E-state index in [4.69, 9.17) is 4.74 Å². The third-order valence-electron chi connectivity index (χ3n) is 6.61. The number of methoxy groups -OCH3 is 1. The molecule has 1 N–H and O–H groups in total. The van der Waals surface area contributed by atoms with E-state index in [0.29, 0.717) is 17.5 Å². The highest BCUT2D eigenvalue weighted by atomic mass is 16.5. The van der Waals surface area contributed by atoms with E-state index < -0.39 is 0 Å². The van der Waals surface area contributed by atoms with E-state index in [1.807, 2.05) is 0 Å². The third kappa shape index (κ3) is 4.24. The van der Waals surface area contributed by atoms with Gasteiger partial charge in [-0.3, -0.25) is 4.98 Å². The van der Waals surface area contributed by atoms with Crippen LogP contribution in [0.3, 0.4) is 0 Å². The fourth-order valence-electron chi connectivity index (χ4n) is 4.89. The van der Waals surface area contributed by atoms with Crippen LogP contribution in [0.25, 0.3) is 0 Å².